The highest BCUT2D eigenvalue weighted by atomic mass is 79.9. The molecule has 0 amide bonds. The smallest absolute Gasteiger partial charge is 0.269 e. The molecule has 0 aromatic heterocycles. The van der Waals surface area contributed by atoms with Gasteiger partial charge in [0, 0.05) is 28.6 Å². The number of halogens is 1. The fourth-order valence-corrected chi connectivity index (χ4v) is 6.34. The number of ketones is 1. The molecule has 0 unspecified atom stereocenters. The van der Waals surface area contributed by atoms with Gasteiger partial charge in [-0.3, -0.25) is 14.9 Å². The van der Waals surface area contributed by atoms with Crippen molar-refractivity contribution < 1.29 is 9.72 Å². The molecule has 6 rings (SSSR count). The van der Waals surface area contributed by atoms with E-state index in [4.69, 9.17) is 10.2 Å². The van der Waals surface area contributed by atoms with Crippen molar-refractivity contribution in [2.45, 2.75) is 17.8 Å². The number of hydrogen-bond donors (Lipinski definition) is 0. The third-order valence-electron chi connectivity index (χ3n) is 6.73. The number of hydrogen-bond acceptors (Lipinski definition) is 8. The molecule has 0 radical (unpaired) electrons. The van der Waals surface area contributed by atoms with Gasteiger partial charge in [-0.1, -0.05) is 76.6 Å². The number of hydrazone groups is 2. The molecule has 198 valence electrons. The second kappa shape index (κ2) is 10.7. The summed E-state index contributed by atoms with van der Waals surface area (Å²) < 4.78 is 0.984. The first kappa shape index (κ1) is 26.0. The summed E-state index contributed by atoms with van der Waals surface area (Å²) in [5, 5.41) is 25.4. The molecule has 2 heterocycles. The predicted octanol–water partition coefficient (Wildman–Crippen LogP) is 7.47. The molecule has 0 aliphatic carbocycles. The molecule has 40 heavy (non-hydrogen) atoms. The third kappa shape index (κ3) is 4.80. The fourth-order valence-electron chi connectivity index (χ4n) is 4.77. The Hall–Kier alpha value is -4.28. The topological polar surface area (TPSA) is 91.4 Å². The number of carbonyl (C=O) groups is 1. The van der Waals surface area contributed by atoms with Crippen LogP contribution in [0.25, 0.3) is 0 Å². The van der Waals surface area contributed by atoms with Crippen LogP contribution in [-0.2, 0) is 0 Å². The van der Waals surface area contributed by atoms with Crippen molar-refractivity contribution in [3.8, 4) is 0 Å². The summed E-state index contributed by atoms with van der Waals surface area (Å²) in [6.07, 6.45) is 1.21. The standard InChI is InChI=1S/C30H22BrN5O3S/c31-23-13-11-21(12-14-23)27-19-20-30(34(32-27)24-9-5-2-6-10-24)35(25-15-17-26(18-16-25)36(38)39)33-29(40-30)28(37)22-7-3-1-4-8-22/h1-18H,19-20H2/t30-/m0/s1. The minimum Gasteiger partial charge on any atom is -0.286 e. The highest BCUT2D eigenvalue weighted by Gasteiger charge is 2.53. The van der Waals surface area contributed by atoms with Crippen molar-refractivity contribution in [1.82, 2.24) is 0 Å². The molecule has 10 heteroatoms. The maximum Gasteiger partial charge on any atom is 0.269 e. The first-order chi connectivity index (χ1) is 19.4. The molecule has 0 bridgehead atoms. The maximum absolute atomic E-state index is 13.6. The summed E-state index contributed by atoms with van der Waals surface area (Å²) >= 11 is 4.86. The van der Waals surface area contributed by atoms with E-state index in [1.54, 1.807) is 29.3 Å². The Morgan fingerprint density at radius 3 is 2.08 bits per heavy atom. The van der Waals surface area contributed by atoms with Gasteiger partial charge in [0.15, 0.2) is 5.04 Å². The second-order valence-corrected chi connectivity index (χ2v) is 11.4. The van der Waals surface area contributed by atoms with Crippen molar-refractivity contribution in [3.05, 3.63) is 135 Å². The number of rotatable bonds is 6. The van der Waals surface area contributed by atoms with Crippen LogP contribution in [-0.4, -0.2) is 26.5 Å². The van der Waals surface area contributed by atoms with E-state index in [0.717, 1.165) is 21.4 Å². The SMILES string of the molecule is O=C(C1=NN(c2ccc([N+](=O)[O-])cc2)[C@@]2(CCC(c3ccc(Br)cc3)=NN2c2ccccc2)S1)c1ccccc1. The van der Waals surface area contributed by atoms with E-state index in [9.17, 15) is 14.9 Å². The number of thioether (sulfide) groups is 1. The molecule has 2 aliphatic rings. The molecular weight excluding hydrogens is 590 g/mol. The van der Waals surface area contributed by atoms with Crippen LogP contribution in [0.1, 0.15) is 28.8 Å². The molecule has 0 N–H and O–H groups in total. The van der Waals surface area contributed by atoms with Gasteiger partial charge < -0.3 is 0 Å². The molecule has 0 fully saturated rings. The number of para-hydroxylation sites is 1. The van der Waals surface area contributed by atoms with Gasteiger partial charge in [-0.05, 0) is 60.1 Å². The molecule has 0 saturated carbocycles. The van der Waals surface area contributed by atoms with Gasteiger partial charge in [-0.15, -0.1) is 0 Å². The van der Waals surface area contributed by atoms with Gasteiger partial charge >= 0.3 is 0 Å². The summed E-state index contributed by atoms with van der Waals surface area (Å²) in [5.74, 6) is -0.190. The zero-order valence-electron chi connectivity index (χ0n) is 21.1. The summed E-state index contributed by atoms with van der Waals surface area (Å²) in [7, 11) is 0. The van der Waals surface area contributed by atoms with E-state index in [-0.39, 0.29) is 11.5 Å². The first-order valence-electron chi connectivity index (χ1n) is 12.6. The van der Waals surface area contributed by atoms with E-state index < -0.39 is 9.92 Å². The lowest BCUT2D eigenvalue weighted by atomic mass is 10.0. The van der Waals surface area contributed by atoms with Crippen LogP contribution in [0.3, 0.4) is 0 Å². The van der Waals surface area contributed by atoms with Gasteiger partial charge in [-0.25, -0.2) is 10.0 Å². The molecule has 4 aromatic rings. The largest absolute Gasteiger partial charge is 0.286 e. The van der Waals surface area contributed by atoms with Crippen LogP contribution in [0.15, 0.2) is 124 Å². The lowest BCUT2D eigenvalue weighted by Gasteiger charge is -2.46. The number of benzene rings is 4. The second-order valence-electron chi connectivity index (χ2n) is 9.23. The molecule has 8 nitrogen and oxygen atoms in total. The number of carbonyl (C=O) groups excluding carboxylic acids is 1. The summed E-state index contributed by atoms with van der Waals surface area (Å²) in [6.45, 7) is 0. The third-order valence-corrected chi connectivity index (χ3v) is 8.60. The minimum atomic E-state index is -0.921. The molecule has 2 aliphatic heterocycles. The van der Waals surface area contributed by atoms with Crippen molar-refractivity contribution in [2.75, 3.05) is 10.0 Å². The average Bonchev–Trinajstić information content (AvgIpc) is 3.38. The van der Waals surface area contributed by atoms with Crippen molar-refractivity contribution in [1.29, 1.82) is 0 Å². The zero-order chi connectivity index (χ0) is 27.7. The van der Waals surface area contributed by atoms with Crippen molar-refractivity contribution >= 4 is 61.3 Å². The molecular formula is C30H22BrN5O3S. The number of Topliss-reactive ketones (excluding diaryl/α,β-unsaturated/α-hetero) is 1. The van der Waals surface area contributed by atoms with Gasteiger partial charge in [-0.2, -0.15) is 10.2 Å². The van der Waals surface area contributed by atoms with Gasteiger partial charge in [0.25, 0.3) is 5.69 Å². The molecule has 0 saturated heterocycles. The Morgan fingerprint density at radius 1 is 0.825 bits per heavy atom. The normalized spacial score (nSPS) is 18.4. The zero-order valence-corrected chi connectivity index (χ0v) is 23.5. The maximum atomic E-state index is 13.6. The minimum absolute atomic E-state index is 0.0201. The first-order valence-corrected chi connectivity index (χ1v) is 14.2. The average molecular weight is 613 g/mol. The fraction of sp³-hybridized carbons (Fsp3) is 0.100. The Balaban J connectivity index is 1.49. The van der Waals surface area contributed by atoms with Gasteiger partial charge in [0.05, 0.1) is 22.0 Å². The number of nitro benzene ring substituents is 1. The number of nitrogens with zero attached hydrogens (tertiary/aromatic N) is 5. The van der Waals surface area contributed by atoms with Crippen LogP contribution < -0.4 is 10.0 Å². The number of nitro groups is 1. The Bertz CT molecular complexity index is 1630. The molecule has 4 aromatic carbocycles. The number of non-ortho nitro benzene ring substituents is 1. The Morgan fingerprint density at radius 2 is 1.43 bits per heavy atom. The van der Waals surface area contributed by atoms with Crippen LogP contribution in [0.4, 0.5) is 17.1 Å². The Kier molecular flexibility index (Phi) is 6.95. The summed E-state index contributed by atoms with van der Waals surface area (Å²) in [5.41, 5.74) is 3.89. The summed E-state index contributed by atoms with van der Waals surface area (Å²) in [6, 6.07) is 33.1. The summed E-state index contributed by atoms with van der Waals surface area (Å²) in [4.78, 5) is 23.6. The Labute approximate surface area is 243 Å². The van der Waals surface area contributed by atoms with Crippen molar-refractivity contribution in [3.63, 3.8) is 0 Å². The highest BCUT2D eigenvalue weighted by Crippen LogP contribution is 2.50. The van der Waals surface area contributed by atoms with E-state index in [0.29, 0.717) is 29.1 Å². The van der Waals surface area contributed by atoms with Crippen LogP contribution >= 0.6 is 27.7 Å². The van der Waals surface area contributed by atoms with E-state index in [1.165, 1.54) is 23.9 Å². The van der Waals surface area contributed by atoms with Crippen LogP contribution in [0, 0.1) is 10.1 Å². The monoisotopic (exact) mass is 611 g/mol. The van der Waals surface area contributed by atoms with Crippen molar-refractivity contribution in [2.24, 2.45) is 10.2 Å². The van der Waals surface area contributed by atoms with Gasteiger partial charge in [0.1, 0.15) is 0 Å². The van der Waals surface area contributed by atoms with E-state index in [1.807, 2.05) is 77.8 Å². The van der Waals surface area contributed by atoms with Crippen LogP contribution in [0.2, 0.25) is 0 Å². The quantitative estimate of drug-likeness (QED) is 0.128. The number of anilines is 2. The van der Waals surface area contributed by atoms with E-state index >= 15 is 0 Å². The molecule has 1 spiro atoms. The van der Waals surface area contributed by atoms with E-state index in [2.05, 4.69) is 15.9 Å². The lowest BCUT2D eigenvalue weighted by molar-refractivity contribution is -0.384. The van der Waals surface area contributed by atoms with Gasteiger partial charge in [0.2, 0.25) is 10.8 Å². The van der Waals surface area contributed by atoms with Crippen LogP contribution in [0.5, 0.6) is 0 Å². The molecule has 1 atom stereocenters. The highest BCUT2D eigenvalue weighted by molar-refractivity contribution is 9.10. The lowest BCUT2D eigenvalue weighted by Crippen LogP contribution is -2.56. The predicted molar refractivity (Wildman–Crippen MR) is 163 cm³/mol.